The highest BCUT2D eigenvalue weighted by Gasteiger charge is 2.16. The molecule has 0 spiro atoms. The molecule has 0 atom stereocenters. The van der Waals surface area contributed by atoms with E-state index in [1.165, 1.54) is 23.5 Å². The fourth-order valence-electron chi connectivity index (χ4n) is 1.21. The summed E-state index contributed by atoms with van der Waals surface area (Å²) >= 11 is 1.28. The van der Waals surface area contributed by atoms with Gasteiger partial charge in [-0.15, -0.1) is 11.3 Å². The van der Waals surface area contributed by atoms with Gasteiger partial charge in [0.05, 0.1) is 4.90 Å². The lowest BCUT2D eigenvalue weighted by molar-refractivity contribution is 0.594. The van der Waals surface area contributed by atoms with E-state index in [9.17, 15) is 12.8 Å². The summed E-state index contributed by atoms with van der Waals surface area (Å²) in [6.07, 6.45) is 1.56. The summed E-state index contributed by atoms with van der Waals surface area (Å²) in [5.74, 6) is -0.593. The van der Waals surface area contributed by atoms with Gasteiger partial charge in [-0.3, -0.25) is 0 Å². The number of hydrogen-bond acceptors (Lipinski definition) is 4. The van der Waals surface area contributed by atoms with Crippen LogP contribution in [0.15, 0.2) is 40.7 Å². The van der Waals surface area contributed by atoms with Crippen molar-refractivity contribution in [2.45, 2.75) is 10.6 Å². The zero-order valence-corrected chi connectivity index (χ0v) is 9.76. The molecule has 0 radical (unpaired) electrons. The summed E-state index contributed by atoms with van der Waals surface area (Å²) in [6, 6.07) is 4.79. The summed E-state index contributed by atoms with van der Waals surface area (Å²) in [6.45, 7) is 0. The quantitative estimate of drug-likeness (QED) is 0.792. The average Bonchev–Trinajstić information content (AvgIpc) is 2.70. The molecule has 0 aliphatic rings. The molecule has 6 heteroatoms. The molecule has 84 valence electrons. The smallest absolute Gasteiger partial charge is 0.184 e. The molecular formula is C10H8FNO2S2. The van der Waals surface area contributed by atoms with Crippen molar-refractivity contribution in [3.8, 4) is 0 Å². The maximum absolute atomic E-state index is 12.6. The monoisotopic (exact) mass is 257 g/mol. The highest BCUT2D eigenvalue weighted by Crippen LogP contribution is 2.17. The number of hydrogen-bond donors (Lipinski definition) is 0. The lowest BCUT2D eigenvalue weighted by atomic mass is 10.4. The maximum atomic E-state index is 12.6. The van der Waals surface area contributed by atoms with Crippen molar-refractivity contribution < 1.29 is 12.8 Å². The van der Waals surface area contributed by atoms with Crippen molar-refractivity contribution >= 4 is 21.2 Å². The van der Waals surface area contributed by atoms with Crippen molar-refractivity contribution in [1.82, 2.24) is 4.98 Å². The van der Waals surface area contributed by atoms with E-state index in [1.807, 2.05) is 0 Å². The first-order valence-electron chi connectivity index (χ1n) is 4.45. The fraction of sp³-hybridized carbons (Fsp3) is 0.100. The number of rotatable bonds is 3. The lowest BCUT2D eigenvalue weighted by Gasteiger charge is -2.01. The van der Waals surface area contributed by atoms with Crippen LogP contribution in [0.1, 0.15) is 5.01 Å². The molecule has 0 aliphatic heterocycles. The second-order valence-corrected chi connectivity index (χ2v) is 6.11. The summed E-state index contributed by atoms with van der Waals surface area (Å²) in [5, 5.41) is 2.25. The molecule has 2 rings (SSSR count). The highest BCUT2D eigenvalue weighted by atomic mass is 32.2. The van der Waals surface area contributed by atoms with Gasteiger partial charge in [-0.25, -0.2) is 17.8 Å². The van der Waals surface area contributed by atoms with Gasteiger partial charge in [-0.05, 0) is 24.3 Å². The largest absolute Gasteiger partial charge is 0.249 e. The van der Waals surface area contributed by atoms with Gasteiger partial charge >= 0.3 is 0 Å². The van der Waals surface area contributed by atoms with Crippen LogP contribution in [0, 0.1) is 5.82 Å². The summed E-state index contributed by atoms with van der Waals surface area (Å²) in [5.41, 5.74) is 0. The Bertz CT molecular complexity index is 561. The van der Waals surface area contributed by atoms with Crippen LogP contribution in [0.4, 0.5) is 4.39 Å². The van der Waals surface area contributed by atoms with E-state index in [2.05, 4.69) is 4.98 Å². The Morgan fingerprint density at radius 3 is 2.50 bits per heavy atom. The number of aromatic nitrogens is 1. The molecule has 1 heterocycles. The molecule has 0 fully saturated rings. The molecule has 0 saturated heterocycles. The number of nitrogens with zero attached hydrogens (tertiary/aromatic N) is 1. The second-order valence-electron chi connectivity index (χ2n) is 3.14. The first-order chi connectivity index (χ1) is 7.58. The first kappa shape index (κ1) is 11.2. The maximum Gasteiger partial charge on any atom is 0.184 e. The van der Waals surface area contributed by atoms with Gasteiger partial charge in [0.15, 0.2) is 9.84 Å². The van der Waals surface area contributed by atoms with Crippen LogP contribution < -0.4 is 0 Å². The van der Waals surface area contributed by atoms with Crippen molar-refractivity contribution in [2.24, 2.45) is 0 Å². The van der Waals surface area contributed by atoms with Gasteiger partial charge in [-0.2, -0.15) is 0 Å². The molecule has 0 bridgehead atoms. The molecule has 1 aromatic heterocycles. The first-order valence-corrected chi connectivity index (χ1v) is 6.98. The topological polar surface area (TPSA) is 47.0 Å². The predicted molar refractivity (Wildman–Crippen MR) is 59.4 cm³/mol. The van der Waals surface area contributed by atoms with Crippen LogP contribution in [0.25, 0.3) is 0 Å². The molecule has 1 aromatic carbocycles. The van der Waals surface area contributed by atoms with Crippen LogP contribution in [0.5, 0.6) is 0 Å². The van der Waals surface area contributed by atoms with Crippen LogP contribution in [0.3, 0.4) is 0 Å². The normalized spacial score (nSPS) is 11.6. The summed E-state index contributed by atoms with van der Waals surface area (Å²) < 4.78 is 36.4. The minimum absolute atomic E-state index is 0.115. The Kier molecular flexibility index (Phi) is 3.02. The Morgan fingerprint density at radius 1 is 1.25 bits per heavy atom. The Hall–Kier alpha value is -1.27. The lowest BCUT2D eigenvalue weighted by Crippen LogP contribution is -2.04. The molecule has 0 N–H and O–H groups in total. The molecule has 2 aromatic rings. The van der Waals surface area contributed by atoms with E-state index in [0.717, 1.165) is 12.1 Å². The Balaban J connectivity index is 2.29. The molecule has 0 saturated carbocycles. The molecule has 0 amide bonds. The van der Waals surface area contributed by atoms with Crippen LogP contribution >= 0.6 is 11.3 Å². The number of sulfone groups is 1. The summed E-state index contributed by atoms with van der Waals surface area (Å²) in [4.78, 5) is 4.02. The van der Waals surface area contributed by atoms with E-state index in [4.69, 9.17) is 0 Å². The van der Waals surface area contributed by atoms with Crippen molar-refractivity contribution in [2.75, 3.05) is 0 Å². The van der Waals surface area contributed by atoms with Crippen molar-refractivity contribution in [3.63, 3.8) is 0 Å². The predicted octanol–water partition coefficient (Wildman–Crippen LogP) is 2.26. The van der Waals surface area contributed by atoms with Gasteiger partial charge in [0.2, 0.25) is 0 Å². The fourth-order valence-corrected chi connectivity index (χ4v) is 3.47. The Morgan fingerprint density at radius 2 is 1.94 bits per heavy atom. The Labute approximate surface area is 96.5 Å². The zero-order valence-electron chi connectivity index (χ0n) is 8.13. The SMILES string of the molecule is O=S(=O)(Cc1nccs1)c1ccc(F)cc1. The minimum Gasteiger partial charge on any atom is -0.249 e. The zero-order chi connectivity index (χ0) is 11.6. The van der Waals surface area contributed by atoms with Gasteiger partial charge in [0.25, 0.3) is 0 Å². The van der Waals surface area contributed by atoms with Gasteiger partial charge in [0.1, 0.15) is 16.6 Å². The highest BCUT2D eigenvalue weighted by molar-refractivity contribution is 7.90. The third-order valence-corrected chi connectivity index (χ3v) is 4.58. The minimum atomic E-state index is -3.42. The van der Waals surface area contributed by atoms with E-state index in [1.54, 1.807) is 11.6 Å². The van der Waals surface area contributed by atoms with Crippen LogP contribution in [-0.4, -0.2) is 13.4 Å². The standard InChI is InChI=1S/C10H8FNO2S2/c11-8-1-3-9(4-2-8)16(13,14)7-10-12-5-6-15-10/h1-6H,7H2. The van der Waals surface area contributed by atoms with E-state index >= 15 is 0 Å². The third-order valence-electron chi connectivity index (χ3n) is 1.97. The van der Waals surface area contributed by atoms with Gasteiger partial charge in [0, 0.05) is 11.6 Å². The second kappa shape index (κ2) is 4.31. The van der Waals surface area contributed by atoms with E-state index in [0.29, 0.717) is 5.01 Å². The van der Waals surface area contributed by atoms with Gasteiger partial charge < -0.3 is 0 Å². The van der Waals surface area contributed by atoms with Crippen molar-refractivity contribution in [1.29, 1.82) is 0 Å². The van der Waals surface area contributed by atoms with Crippen molar-refractivity contribution in [3.05, 3.63) is 46.7 Å². The van der Waals surface area contributed by atoms with Crippen LogP contribution in [0.2, 0.25) is 0 Å². The number of benzene rings is 1. The third kappa shape index (κ3) is 2.45. The number of halogens is 1. The van der Waals surface area contributed by atoms with Gasteiger partial charge in [-0.1, -0.05) is 0 Å². The van der Waals surface area contributed by atoms with Crippen LogP contribution in [-0.2, 0) is 15.6 Å². The average molecular weight is 257 g/mol. The molecular weight excluding hydrogens is 249 g/mol. The molecule has 0 aliphatic carbocycles. The van der Waals surface area contributed by atoms with E-state index in [-0.39, 0.29) is 10.6 Å². The number of thiazole rings is 1. The van der Waals surface area contributed by atoms with E-state index < -0.39 is 15.7 Å². The summed E-state index contributed by atoms with van der Waals surface area (Å²) in [7, 11) is -3.42. The molecule has 3 nitrogen and oxygen atoms in total. The molecule has 0 unspecified atom stereocenters. The molecule has 16 heavy (non-hydrogen) atoms.